The number of aliphatic hydroxyl groups is 1. The molecule has 1 N–H and O–H groups in total. The lowest BCUT2D eigenvalue weighted by Crippen LogP contribution is -2.43. The van der Waals surface area contributed by atoms with Crippen LogP contribution in [0.25, 0.3) is 0 Å². The van der Waals surface area contributed by atoms with Gasteiger partial charge in [0, 0.05) is 18.3 Å². The predicted octanol–water partition coefficient (Wildman–Crippen LogP) is 3.37. The second-order valence-corrected chi connectivity index (χ2v) is 7.36. The van der Waals surface area contributed by atoms with Crippen molar-refractivity contribution in [3.05, 3.63) is 29.6 Å². The third kappa shape index (κ3) is 1.84. The van der Waals surface area contributed by atoms with E-state index < -0.39 is 5.60 Å². The van der Waals surface area contributed by atoms with Gasteiger partial charge in [-0.2, -0.15) is 0 Å². The highest BCUT2D eigenvalue weighted by Gasteiger charge is 2.60. The maximum Gasteiger partial charge on any atom is 0.0736 e. The Hall–Kier alpha value is -0.890. The van der Waals surface area contributed by atoms with E-state index in [1.807, 2.05) is 6.20 Å². The van der Waals surface area contributed by atoms with Gasteiger partial charge < -0.3 is 5.11 Å². The van der Waals surface area contributed by atoms with Crippen LogP contribution in [-0.2, 0) is 12.8 Å². The number of nitrogens with zero attached hydrogens (tertiary/aromatic N) is 1. The molecule has 0 aliphatic heterocycles. The Balaban J connectivity index is 1.53. The van der Waals surface area contributed by atoms with E-state index in [2.05, 4.69) is 24.0 Å². The summed E-state index contributed by atoms with van der Waals surface area (Å²) in [4.78, 5) is 4.57. The van der Waals surface area contributed by atoms with Gasteiger partial charge in [0.2, 0.25) is 0 Å². The first-order chi connectivity index (χ1) is 9.69. The highest BCUT2D eigenvalue weighted by Crippen LogP contribution is 2.62. The van der Waals surface area contributed by atoms with Gasteiger partial charge in [0.05, 0.1) is 5.60 Å². The summed E-state index contributed by atoms with van der Waals surface area (Å²) < 4.78 is 0. The third-order valence-corrected chi connectivity index (χ3v) is 6.39. The minimum atomic E-state index is -0.461. The highest BCUT2D eigenvalue weighted by atomic mass is 16.3. The van der Waals surface area contributed by atoms with Gasteiger partial charge in [0.15, 0.2) is 0 Å². The number of pyridine rings is 1. The van der Waals surface area contributed by atoms with E-state index in [1.54, 1.807) is 0 Å². The van der Waals surface area contributed by atoms with E-state index in [0.717, 1.165) is 42.7 Å². The fourth-order valence-electron chi connectivity index (χ4n) is 5.52. The molecular weight excluding hydrogens is 246 g/mol. The summed E-state index contributed by atoms with van der Waals surface area (Å²) >= 11 is 0. The Morgan fingerprint density at radius 1 is 1.30 bits per heavy atom. The Morgan fingerprint density at radius 3 is 2.90 bits per heavy atom. The molecule has 2 nitrogen and oxygen atoms in total. The van der Waals surface area contributed by atoms with Crippen LogP contribution in [-0.4, -0.2) is 15.7 Å². The van der Waals surface area contributed by atoms with Crippen LogP contribution in [0.1, 0.15) is 50.3 Å². The molecule has 0 aromatic carbocycles. The van der Waals surface area contributed by atoms with Crippen molar-refractivity contribution >= 4 is 0 Å². The lowest BCUT2D eigenvalue weighted by molar-refractivity contribution is -0.0457. The van der Waals surface area contributed by atoms with Crippen LogP contribution in [0.15, 0.2) is 18.3 Å². The second-order valence-electron chi connectivity index (χ2n) is 7.36. The third-order valence-electron chi connectivity index (χ3n) is 6.39. The Labute approximate surface area is 121 Å². The number of hydrogen-bond donors (Lipinski definition) is 1. The molecule has 3 fully saturated rings. The van der Waals surface area contributed by atoms with Crippen LogP contribution >= 0.6 is 0 Å². The molecule has 0 amide bonds. The van der Waals surface area contributed by atoms with Crippen LogP contribution in [0.5, 0.6) is 0 Å². The first-order valence-electron chi connectivity index (χ1n) is 8.36. The van der Waals surface area contributed by atoms with Crippen molar-refractivity contribution in [3.63, 3.8) is 0 Å². The first kappa shape index (κ1) is 12.8. The lowest BCUT2D eigenvalue weighted by Gasteiger charge is -2.39. The summed E-state index contributed by atoms with van der Waals surface area (Å²) in [6.45, 7) is 2.15. The van der Waals surface area contributed by atoms with Crippen molar-refractivity contribution in [3.8, 4) is 0 Å². The zero-order valence-electron chi connectivity index (χ0n) is 12.4. The number of fused-ring (bicyclic) bond motifs is 5. The van der Waals surface area contributed by atoms with Gasteiger partial charge in [-0.1, -0.05) is 19.4 Å². The normalized spacial score (nSPS) is 42.1. The molecule has 4 rings (SSSR count). The van der Waals surface area contributed by atoms with Crippen LogP contribution < -0.4 is 0 Å². The average molecular weight is 271 g/mol. The average Bonchev–Trinajstić information content (AvgIpc) is 3.10. The molecule has 1 heterocycles. The van der Waals surface area contributed by atoms with Crippen molar-refractivity contribution in [1.29, 1.82) is 0 Å². The van der Waals surface area contributed by atoms with Gasteiger partial charge in [-0.15, -0.1) is 0 Å². The van der Waals surface area contributed by atoms with Gasteiger partial charge in [0.25, 0.3) is 0 Å². The molecule has 20 heavy (non-hydrogen) atoms. The quantitative estimate of drug-likeness (QED) is 0.914. The molecule has 5 atom stereocenters. The molecule has 1 aromatic heterocycles. The number of hydrogen-bond acceptors (Lipinski definition) is 2. The Bertz CT molecular complexity index is 497. The predicted molar refractivity (Wildman–Crippen MR) is 79.3 cm³/mol. The van der Waals surface area contributed by atoms with Crippen LogP contribution in [0.2, 0.25) is 0 Å². The molecule has 108 valence electrons. The van der Waals surface area contributed by atoms with Gasteiger partial charge in [-0.3, -0.25) is 4.98 Å². The summed E-state index contributed by atoms with van der Waals surface area (Å²) in [6.07, 6.45) is 10.2. The molecule has 0 spiro atoms. The number of aryl methyl sites for hydroxylation is 1. The molecule has 3 aliphatic rings. The van der Waals surface area contributed by atoms with E-state index in [4.69, 9.17) is 0 Å². The van der Waals surface area contributed by atoms with Gasteiger partial charge in [-0.25, -0.2) is 0 Å². The lowest BCUT2D eigenvalue weighted by atomic mass is 9.71. The van der Waals surface area contributed by atoms with E-state index in [0.29, 0.717) is 5.92 Å². The molecular formula is C18H25NO. The van der Waals surface area contributed by atoms with Gasteiger partial charge in [-0.05, 0) is 67.4 Å². The zero-order chi connectivity index (χ0) is 13.7. The minimum absolute atomic E-state index is 0.461. The zero-order valence-corrected chi connectivity index (χ0v) is 12.4. The first-order valence-corrected chi connectivity index (χ1v) is 8.36. The molecule has 5 unspecified atom stereocenters. The molecule has 1 aromatic rings. The standard InChI is InChI=1S/C18H25NO/c1-2-12-6-7-14(19-11-12)10-18(20)9-13-8-17(18)16-5-3-4-15(13)16/h6-7,11,13,15-17,20H,2-5,8-10H2,1H3. The fraction of sp³-hybridized carbons (Fsp3) is 0.722. The molecule has 0 radical (unpaired) electrons. The fourth-order valence-corrected chi connectivity index (χ4v) is 5.52. The summed E-state index contributed by atoms with van der Waals surface area (Å²) in [6, 6.07) is 4.28. The summed E-state index contributed by atoms with van der Waals surface area (Å²) in [7, 11) is 0. The summed E-state index contributed by atoms with van der Waals surface area (Å²) in [5.74, 6) is 3.10. The van der Waals surface area contributed by atoms with Crippen LogP contribution in [0.3, 0.4) is 0 Å². The smallest absolute Gasteiger partial charge is 0.0736 e. The van der Waals surface area contributed by atoms with Gasteiger partial charge >= 0.3 is 0 Å². The molecule has 3 saturated carbocycles. The van der Waals surface area contributed by atoms with E-state index in [9.17, 15) is 5.11 Å². The molecule has 2 bridgehead atoms. The van der Waals surface area contributed by atoms with Crippen molar-refractivity contribution < 1.29 is 5.11 Å². The number of rotatable bonds is 3. The summed E-state index contributed by atoms with van der Waals surface area (Å²) in [5.41, 5.74) is 1.90. The van der Waals surface area contributed by atoms with Crippen molar-refractivity contribution in [2.45, 2.75) is 57.5 Å². The maximum atomic E-state index is 11.2. The van der Waals surface area contributed by atoms with Crippen LogP contribution in [0.4, 0.5) is 0 Å². The molecule has 3 aliphatic carbocycles. The Morgan fingerprint density at radius 2 is 2.15 bits per heavy atom. The molecule has 2 heteroatoms. The van der Waals surface area contributed by atoms with Crippen molar-refractivity contribution in [2.24, 2.45) is 23.7 Å². The summed E-state index contributed by atoms with van der Waals surface area (Å²) in [5, 5.41) is 11.2. The van der Waals surface area contributed by atoms with Crippen LogP contribution in [0, 0.1) is 23.7 Å². The highest BCUT2D eigenvalue weighted by molar-refractivity contribution is 5.19. The number of aromatic nitrogens is 1. The minimum Gasteiger partial charge on any atom is -0.389 e. The monoisotopic (exact) mass is 271 g/mol. The largest absolute Gasteiger partial charge is 0.389 e. The topological polar surface area (TPSA) is 33.1 Å². The molecule has 0 saturated heterocycles. The second kappa shape index (κ2) is 4.56. The van der Waals surface area contributed by atoms with Crippen molar-refractivity contribution in [1.82, 2.24) is 4.98 Å². The van der Waals surface area contributed by atoms with E-state index in [1.165, 1.54) is 31.2 Å². The Kier molecular flexibility index (Phi) is 2.92. The SMILES string of the molecule is CCc1ccc(CC2(O)CC3CC2C2CCCC32)nc1. The van der Waals surface area contributed by atoms with E-state index in [-0.39, 0.29) is 0 Å². The van der Waals surface area contributed by atoms with Gasteiger partial charge in [0.1, 0.15) is 0 Å². The maximum absolute atomic E-state index is 11.2. The van der Waals surface area contributed by atoms with E-state index >= 15 is 0 Å². The van der Waals surface area contributed by atoms with Crippen molar-refractivity contribution in [2.75, 3.05) is 0 Å².